The molecule has 0 saturated heterocycles. The van der Waals surface area contributed by atoms with Gasteiger partial charge in [-0.2, -0.15) is 0 Å². The molecule has 0 atom stereocenters. The van der Waals surface area contributed by atoms with Crippen LogP contribution in [-0.4, -0.2) is 28.1 Å². The summed E-state index contributed by atoms with van der Waals surface area (Å²) in [6, 6.07) is 7.04. The number of carbonyl (C=O) groups is 1. The van der Waals surface area contributed by atoms with Crippen LogP contribution < -0.4 is 10.0 Å². The Labute approximate surface area is 159 Å². The predicted octanol–water partition coefficient (Wildman–Crippen LogP) is 3.20. The summed E-state index contributed by atoms with van der Waals surface area (Å²) >= 11 is 16.4. The molecule has 2 rings (SSSR count). The average molecular weight is 424 g/mol. The average Bonchev–Trinajstić information content (AvgIpc) is 2.45. The van der Waals surface area contributed by atoms with E-state index in [1.807, 2.05) is 0 Å². The van der Waals surface area contributed by atoms with Gasteiger partial charge in [-0.1, -0.05) is 34.8 Å². The van der Waals surface area contributed by atoms with Crippen molar-refractivity contribution in [1.82, 2.24) is 9.97 Å². The molecule has 0 aliphatic heterocycles. The summed E-state index contributed by atoms with van der Waals surface area (Å²) in [5.74, 6) is -0.874. The van der Waals surface area contributed by atoms with Crippen LogP contribution in [-0.2, 0) is 14.8 Å². The Morgan fingerprint density at radius 1 is 1.04 bits per heavy atom. The zero-order valence-electron chi connectivity index (χ0n) is 13.0. The highest BCUT2D eigenvalue weighted by Crippen LogP contribution is 2.28. The third-order valence-corrected chi connectivity index (χ3v) is 4.75. The summed E-state index contributed by atoms with van der Waals surface area (Å²) in [5, 5.41) is 2.35. The van der Waals surface area contributed by atoms with Crippen LogP contribution in [0.25, 0.3) is 0 Å². The fourth-order valence-electron chi connectivity index (χ4n) is 1.87. The maximum Gasteiger partial charge on any atom is 0.276 e. The van der Waals surface area contributed by atoms with Gasteiger partial charge in [0.25, 0.3) is 19.7 Å². The number of aryl methyl sites for hydroxylation is 2. The van der Waals surface area contributed by atoms with Gasteiger partial charge < -0.3 is 5.32 Å². The maximum atomic E-state index is 12.4. The zero-order valence-corrected chi connectivity index (χ0v) is 16.1. The van der Waals surface area contributed by atoms with Gasteiger partial charge in [-0.25, -0.2) is 23.1 Å². The summed E-state index contributed by atoms with van der Waals surface area (Å²) in [5.41, 5.74) is 1.54. The summed E-state index contributed by atoms with van der Waals surface area (Å²) in [6.45, 7) is 3.46. The van der Waals surface area contributed by atoms with Crippen molar-refractivity contribution in [1.29, 1.82) is 0 Å². The lowest BCUT2D eigenvalue weighted by molar-refractivity contribution is -0.115. The third-order valence-electron chi connectivity index (χ3n) is 2.89. The Morgan fingerprint density at radius 2 is 1.56 bits per heavy atom. The van der Waals surface area contributed by atoms with Crippen LogP contribution in [0.2, 0.25) is 0 Å². The molecule has 25 heavy (non-hydrogen) atoms. The number of sulfonamides is 1. The lowest BCUT2D eigenvalue weighted by Crippen LogP contribution is -2.26. The molecular formula is C14H13Cl3N4O3S. The molecule has 0 spiro atoms. The number of nitrogens with one attached hydrogen (secondary N) is 2. The lowest BCUT2D eigenvalue weighted by atomic mass is 10.3. The van der Waals surface area contributed by atoms with Gasteiger partial charge in [-0.05, 0) is 44.2 Å². The van der Waals surface area contributed by atoms with Crippen LogP contribution in [0.5, 0.6) is 0 Å². The minimum atomic E-state index is -3.89. The summed E-state index contributed by atoms with van der Waals surface area (Å²) in [4.78, 5) is 19.6. The van der Waals surface area contributed by atoms with E-state index in [1.165, 1.54) is 24.3 Å². The highest BCUT2D eigenvalue weighted by molar-refractivity contribution is 7.92. The van der Waals surface area contributed by atoms with Crippen LogP contribution in [0.4, 0.5) is 11.6 Å². The molecule has 0 bridgehead atoms. The Hall–Kier alpha value is -1.61. The van der Waals surface area contributed by atoms with Crippen molar-refractivity contribution in [3.8, 4) is 0 Å². The summed E-state index contributed by atoms with van der Waals surface area (Å²) in [7, 11) is -3.89. The van der Waals surface area contributed by atoms with Gasteiger partial charge in [0, 0.05) is 17.1 Å². The van der Waals surface area contributed by atoms with Gasteiger partial charge in [0.2, 0.25) is 5.95 Å². The van der Waals surface area contributed by atoms with E-state index in [1.54, 1.807) is 19.9 Å². The van der Waals surface area contributed by atoms with Gasteiger partial charge in [-0.3, -0.25) is 4.79 Å². The fourth-order valence-corrected chi connectivity index (χ4v) is 2.96. The van der Waals surface area contributed by atoms with Crippen LogP contribution in [0.1, 0.15) is 11.4 Å². The second-order valence-electron chi connectivity index (χ2n) is 5.06. The molecule has 11 heteroatoms. The minimum Gasteiger partial charge on any atom is -0.322 e. The molecule has 2 N–H and O–H groups in total. The fraction of sp³-hybridized carbons (Fsp3) is 0.214. The number of alkyl halides is 3. The number of amides is 1. The van der Waals surface area contributed by atoms with Crippen molar-refractivity contribution in [2.75, 3.05) is 10.0 Å². The molecule has 1 heterocycles. The van der Waals surface area contributed by atoms with E-state index in [-0.39, 0.29) is 16.5 Å². The molecule has 2 aromatic rings. The Morgan fingerprint density at radius 3 is 2.04 bits per heavy atom. The maximum absolute atomic E-state index is 12.4. The minimum absolute atomic E-state index is 0.0221. The first-order valence-electron chi connectivity index (χ1n) is 6.81. The van der Waals surface area contributed by atoms with E-state index in [0.29, 0.717) is 11.4 Å². The molecule has 134 valence electrons. The van der Waals surface area contributed by atoms with Gasteiger partial charge in [-0.15, -0.1) is 0 Å². The number of hydrogen-bond acceptors (Lipinski definition) is 5. The van der Waals surface area contributed by atoms with Crippen molar-refractivity contribution < 1.29 is 13.2 Å². The lowest BCUT2D eigenvalue weighted by Gasteiger charge is -2.12. The quantitative estimate of drug-likeness (QED) is 0.735. The highest BCUT2D eigenvalue weighted by Gasteiger charge is 2.30. The number of nitrogens with zero attached hydrogens (tertiary/aromatic N) is 2. The molecule has 7 nitrogen and oxygen atoms in total. The predicted molar refractivity (Wildman–Crippen MR) is 97.7 cm³/mol. The Bertz CT molecular complexity index is 876. The number of halogens is 3. The first kappa shape index (κ1) is 19.7. The number of carbonyl (C=O) groups excluding carboxylic acids is 1. The van der Waals surface area contributed by atoms with Gasteiger partial charge in [0.15, 0.2) is 0 Å². The van der Waals surface area contributed by atoms with E-state index in [2.05, 4.69) is 20.0 Å². The first-order chi connectivity index (χ1) is 11.5. The van der Waals surface area contributed by atoms with E-state index >= 15 is 0 Å². The van der Waals surface area contributed by atoms with Gasteiger partial charge in [0.1, 0.15) is 0 Å². The molecule has 0 fully saturated rings. The van der Waals surface area contributed by atoms with Crippen LogP contribution in [0.15, 0.2) is 35.2 Å². The van der Waals surface area contributed by atoms with Crippen molar-refractivity contribution >= 4 is 62.4 Å². The molecular weight excluding hydrogens is 411 g/mol. The molecule has 1 aromatic carbocycles. The number of benzene rings is 1. The number of rotatable bonds is 4. The molecule has 0 saturated carbocycles. The van der Waals surface area contributed by atoms with Crippen LogP contribution in [0.3, 0.4) is 0 Å². The topological polar surface area (TPSA) is 101 Å². The largest absolute Gasteiger partial charge is 0.322 e. The van der Waals surface area contributed by atoms with Crippen LogP contribution in [0, 0.1) is 13.8 Å². The molecule has 0 unspecified atom stereocenters. The molecule has 0 radical (unpaired) electrons. The molecule has 0 aliphatic rings. The van der Waals surface area contributed by atoms with Crippen molar-refractivity contribution in [3.63, 3.8) is 0 Å². The zero-order chi connectivity index (χ0) is 18.8. The second-order valence-corrected chi connectivity index (χ2v) is 9.02. The van der Waals surface area contributed by atoms with Crippen molar-refractivity contribution in [3.05, 3.63) is 41.7 Å². The third kappa shape index (κ3) is 5.43. The normalized spacial score (nSPS) is 11.9. The van der Waals surface area contributed by atoms with Crippen molar-refractivity contribution in [2.45, 2.75) is 22.5 Å². The SMILES string of the molecule is Cc1cc(C)nc(NS(=O)(=O)c2ccc(NC(=O)C(Cl)(Cl)Cl)cc2)n1. The summed E-state index contributed by atoms with van der Waals surface area (Å²) < 4.78 is 24.9. The molecule has 0 aliphatic carbocycles. The van der Waals surface area contributed by atoms with E-state index in [0.717, 1.165) is 0 Å². The number of aromatic nitrogens is 2. The Balaban J connectivity index is 2.19. The monoisotopic (exact) mass is 422 g/mol. The summed E-state index contributed by atoms with van der Waals surface area (Å²) in [6.07, 6.45) is 0. The van der Waals surface area contributed by atoms with Crippen molar-refractivity contribution in [2.24, 2.45) is 0 Å². The number of hydrogen-bond donors (Lipinski definition) is 2. The first-order valence-corrected chi connectivity index (χ1v) is 9.42. The number of anilines is 2. The molecule has 1 aromatic heterocycles. The van der Waals surface area contributed by atoms with Gasteiger partial charge >= 0.3 is 0 Å². The second kappa shape index (κ2) is 7.33. The highest BCUT2D eigenvalue weighted by atomic mass is 35.6. The standard InChI is InChI=1S/C14H13Cl3N4O3S/c1-8-7-9(2)19-13(18-8)21-25(23,24)11-5-3-10(4-6-11)20-12(22)14(15,16)17/h3-7H,1-2H3,(H,20,22)(H,18,19,21). The van der Waals surface area contributed by atoms with E-state index in [9.17, 15) is 13.2 Å². The Kier molecular flexibility index (Phi) is 5.78. The molecule has 1 amide bonds. The smallest absolute Gasteiger partial charge is 0.276 e. The van der Waals surface area contributed by atoms with Gasteiger partial charge in [0.05, 0.1) is 4.90 Å². The van der Waals surface area contributed by atoms with E-state index in [4.69, 9.17) is 34.8 Å². The van der Waals surface area contributed by atoms with Crippen LogP contribution >= 0.6 is 34.8 Å². The van der Waals surface area contributed by atoms with E-state index < -0.39 is 19.7 Å².